The Balaban J connectivity index is 2.79. The van der Waals surface area contributed by atoms with E-state index in [1.165, 1.54) is 6.92 Å². The van der Waals surface area contributed by atoms with E-state index in [2.05, 4.69) is 10.6 Å². The summed E-state index contributed by atoms with van der Waals surface area (Å²) in [5.41, 5.74) is 5.81. The Labute approximate surface area is 139 Å². The summed E-state index contributed by atoms with van der Waals surface area (Å²) < 4.78 is 0. The van der Waals surface area contributed by atoms with Gasteiger partial charge in [-0.25, -0.2) is 4.79 Å². The van der Waals surface area contributed by atoms with Gasteiger partial charge in [-0.2, -0.15) is 0 Å². The molecule has 8 nitrogen and oxygen atoms in total. The van der Waals surface area contributed by atoms with Crippen LogP contribution in [0.5, 0.6) is 0 Å². The van der Waals surface area contributed by atoms with E-state index >= 15 is 0 Å². The van der Waals surface area contributed by atoms with E-state index in [0.717, 1.165) is 5.56 Å². The van der Waals surface area contributed by atoms with Crippen molar-refractivity contribution in [1.29, 1.82) is 0 Å². The number of nitrogens with one attached hydrogen (secondary N) is 2. The van der Waals surface area contributed by atoms with Gasteiger partial charge in [0, 0.05) is 19.8 Å². The zero-order chi connectivity index (χ0) is 18.1. The molecule has 0 spiro atoms. The van der Waals surface area contributed by atoms with Crippen molar-refractivity contribution in [2.24, 2.45) is 5.73 Å². The normalized spacial score (nSPS) is 12.7. The summed E-state index contributed by atoms with van der Waals surface area (Å²) in [4.78, 5) is 45.6. The SMILES string of the molecule is CC(=O)NC(Cc1ccccc1)C(=O)N[C@@H](CCC(N)=O)C(=O)O. The highest BCUT2D eigenvalue weighted by molar-refractivity contribution is 5.90. The highest BCUT2D eigenvalue weighted by Gasteiger charge is 2.26. The molecule has 0 aliphatic carbocycles. The zero-order valence-corrected chi connectivity index (χ0v) is 13.3. The number of benzene rings is 1. The maximum atomic E-state index is 12.3. The zero-order valence-electron chi connectivity index (χ0n) is 13.3. The van der Waals surface area contributed by atoms with Gasteiger partial charge in [0.15, 0.2) is 0 Å². The minimum absolute atomic E-state index is 0.117. The van der Waals surface area contributed by atoms with Crippen LogP contribution in [-0.2, 0) is 25.6 Å². The number of hydrogen-bond donors (Lipinski definition) is 4. The fourth-order valence-corrected chi connectivity index (χ4v) is 2.12. The average Bonchev–Trinajstić information content (AvgIpc) is 2.50. The summed E-state index contributed by atoms with van der Waals surface area (Å²) in [6.45, 7) is 1.27. The number of primary amides is 1. The van der Waals surface area contributed by atoms with E-state index in [1.807, 2.05) is 6.07 Å². The van der Waals surface area contributed by atoms with E-state index in [4.69, 9.17) is 10.8 Å². The standard InChI is InChI=1S/C16H21N3O5/c1-10(20)18-13(9-11-5-3-2-4-6-11)15(22)19-12(16(23)24)7-8-14(17)21/h2-6,12-13H,7-9H2,1H3,(H2,17,21)(H,18,20)(H,19,22)(H,23,24)/t12-,13?/m0/s1. The van der Waals surface area contributed by atoms with Crippen molar-refractivity contribution >= 4 is 23.7 Å². The summed E-state index contributed by atoms with van der Waals surface area (Å²) >= 11 is 0. The third-order valence-electron chi connectivity index (χ3n) is 3.27. The molecule has 2 atom stereocenters. The Morgan fingerprint density at radius 2 is 1.71 bits per heavy atom. The van der Waals surface area contributed by atoms with Crippen molar-refractivity contribution in [3.8, 4) is 0 Å². The molecule has 0 fully saturated rings. The molecule has 130 valence electrons. The summed E-state index contributed by atoms with van der Waals surface area (Å²) in [6.07, 6.45) is -0.0658. The minimum atomic E-state index is -1.27. The fourth-order valence-electron chi connectivity index (χ4n) is 2.12. The van der Waals surface area contributed by atoms with E-state index in [9.17, 15) is 19.2 Å². The summed E-state index contributed by atoms with van der Waals surface area (Å²) in [6, 6.07) is 6.84. The first-order chi connectivity index (χ1) is 11.3. The summed E-state index contributed by atoms with van der Waals surface area (Å²) in [5, 5.41) is 14.0. The van der Waals surface area contributed by atoms with Crippen LogP contribution in [0.15, 0.2) is 30.3 Å². The molecule has 5 N–H and O–H groups in total. The van der Waals surface area contributed by atoms with E-state index in [1.54, 1.807) is 24.3 Å². The number of carboxylic acid groups (broad SMARTS) is 1. The lowest BCUT2D eigenvalue weighted by atomic mass is 10.0. The molecule has 0 saturated heterocycles. The average molecular weight is 335 g/mol. The minimum Gasteiger partial charge on any atom is -0.480 e. The van der Waals surface area contributed by atoms with Gasteiger partial charge in [-0.15, -0.1) is 0 Å². The first-order valence-electron chi connectivity index (χ1n) is 7.42. The van der Waals surface area contributed by atoms with Gasteiger partial charge in [-0.1, -0.05) is 30.3 Å². The van der Waals surface area contributed by atoms with Gasteiger partial charge in [-0.05, 0) is 12.0 Å². The topological polar surface area (TPSA) is 139 Å². The van der Waals surface area contributed by atoms with Gasteiger partial charge < -0.3 is 21.5 Å². The van der Waals surface area contributed by atoms with Crippen LogP contribution >= 0.6 is 0 Å². The lowest BCUT2D eigenvalue weighted by Gasteiger charge is -2.21. The van der Waals surface area contributed by atoms with Crippen molar-refractivity contribution in [1.82, 2.24) is 10.6 Å². The van der Waals surface area contributed by atoms with E-state index in [0.29, 0.717) is 0 Å². The van der Waals surface area contributed by atoms with Crippen molar-refractivity contribution in [3.05, 3.63) is 35.9 Å². The molecule has 0 aliphatic heterocycles. The van der Waals surface area contributed by atoms with Crippen LogP contribution in [0.2, 0.25) is 0 Å². The second-order valence-corrected chi connectivity index (χ2v) is 5.35. The molecule has 1 aromatic rings. The molecule has 8 heteroatoms. The highest BCUT2D eigenvalue weighted by Crippen LogP contribution is 2.05. The smallest absolute Gasteiger partial charge is 0.326 e. The largest absolute Gasteiger partial charge is 0.480 e. The monoisotopic (exact) mass is 335 g/mol. The first-order valence-corrected chi connectivity index (χ1v) is 7.42. The van der Waals surface area contributed by atoms with Crippen LogP contribution in [0, 0.1) is 0 Å². The first kappa shape index (κ1) is 19.1. The van der Waals surface area contributed by atoms with Crippen LogP contribution < -0.4 is 16.4 Å². The maximum absolute atomic E-state index is 12.3. The fraction of sp³-hybridized carbons (Fsp3) is 0.375. The third-order valence-corrected chi connectivity index (χ3v) is 3.27. The molecular weight excluding hydrogens is 314 g/mol. The lowest BCUT2D eigenvalue weighted by Crippen LogP contribution is -2.52. The van der Waals surface area contributed by atoms with E-state index < -0.39 is 35.8 Å². The predicted octanol–water partition coefficient (Wildman–Crippen LogP) is -0.431. The quantitative estimate of drug-likeness (QED) is 0.485. The molecule has 1 aromatic carbocycles. The predicted molar refractivity (Wildman–Crippen MR) is 85.7 cm³/mol. The van der Waals surface area contributed by atoms with Crippen molar-refractivity contribution in [2.75, 3.05) is 0 Å². The molecule has 1 rings (SSSR count). The number of amides is 3. The van der Waals surface area contributed by atoms with Crippen LogP contribution in [-0.4, -0.2) is 40.9 Å². The second-order valence-electron chi connectivity index (χ2n) is 5.35. The molecule has 3 amide bonds. The Hall–Kier alpha value is -2.90. The van der Waals surface area contributed by atoms with Gasteiger partial charge in [0.1, 0.15) is 12.1 Å². The van der Waals surface area contributed by atoms with Crippen LogP contribution in [0.4, 0.5) is 0 Å². The summed E-state index contributed by atoms with van der Waals surface area (Å²) in [5.74, 6) is -2.97. The van der Waals surface area contributed by atoms with Crippen molar-refractivity contribution in [3.63, 3.8) is 0 Å². The van der Waals surface area contributed by atoms with Gasteiger partial charge in [0.05, 0.1) is 0 Å². The maximum Gasteiger partial charge on any atom is 0.326 e. The Bertz CT molecular complexity index is 603. The summed E-state index contributed by atoms with van der Waals surface area (Å²) in [7, 11) is 0. The molecule has 0 bridgehead atoms. The molecular formula is C16H21N3O5. The molecule has 0 heterocycles. The molecule has 0 radical (unpaired) electrons. The Kier molecular flexibility index (Phi) is 7.41. The number of nitrogens with two attached hydrogens (primary N) is 1. The lowest BCUT2D eigenvalue weighted by molar-refractivity contribution is -0.142. The van der Waals surface area contributed by atoms with Crippen LogP contribution in [0.1, 0.15) is 25.3 Å². The Morgan fingerprint density at radius 1 is 1.08 bits per heavy atom. The Morgan fingerprint density at radius 3 is 2.21 bits per heavy atom. The number of hydrogen-bond acceptors (Lipinski definition) is 4. The van der Waals surface area contributed by atoms with Crippen molar-refractivity contribution < 1.29 is 24.3 Å². The molecule has 1 unspecified atom stereocenters. The van der Waals surface area contributed by atoms with Gasteiger partial charge in [-0.3, -0.25) is 14.4 Å². The second kappa shape index (κ2) is 9.29. The number of carbonyl (C=O) groups is 4. The van der Waals surface area contributed by atoms with E-state index in [-0.39, 0.29) is 19.3 Å². The molecule has 0 aliphatic rings. The third kappa shape index (κ3) is 6.91. The number of carboxylic acids is 1. The molecule has 24 heavy (non-hydrogen) atoms. The number of carbonyl (C=O) groups excluding carboxylic acids is 3. The van der Waals surface area contributed by atoms with Crippen LogP contribution in [0.3, 0.4) is 0 Å². The van der Waals surface area contributed by atoms with Gasteiger partial charge in [0.25, 0.3) is 0 Å². The van der Waals surface area contributed by atoms with Crippen molar-refractivity contribution in [2.45, 2.75) is 38.3 Å². The molecule has 0 aromatic heterocycles. The number of aliphatic carboxylic acids is 1. The highest BCUT2D eigenvalue weighted by atomic mass is 16.4. The number of rotatable bonds is 9. The molecule has 0 saturated carbocycles. The van der Waals surface area contributed by atoms with Gasteiger partial charge in [0.2, 0.25) is 17.7 Å². The van der Waals surface area contributed by atoms with Gasteiger partial charge >= 0.3 is 5.97 Å². The van der Waals surface area contributed by atoms with Crippen LogP contribution in [0.25, 0.3) is 0 Å².